The van der Waals surface area contributed by atoms with Crippen molar-refractivity contribution in [3.05, 3.63) is 0 Å². The fraction of sp³-hybridized carbons (Fsp3) is 0.958. The minimum absolute atomic E-state index is 0.286. The Hall–Kier alpha value is -0.610. The van der Waals surface area contributed by atoms with Crippen LogP contribution in [-0.4, -0.2) is 73.0 Å². The van der Waals surface area contributed by atoms with Crippen LogP contribution in [0.4, 0.5) is 0 Å². The minimum atomic E-state index is 0.286. The van der Waals surface area contributed by atoms with Gasteiger partial charge in [0.05, 0.1) is 0 Å². The Bertz CT molecular complexity index is 468. The first-order valence-electron chi connectivity index (χ1n) is 12.2. The molecule has 1 amide bonds. The van der Waals surface area contributed by atoms with Gasteiger partial charge < -0.3 is 14.7 Å². The molecule has 3 aliphatic heterocycles. The van der Waals surface area contributed by atoms with E-state index < -0.39 is 0 Å². The highest BCUT2D eigenvalue weighted by Crippen LogP contribution is 2.28. The zero-order valence-electron chi connectivity index (χ0n) is 19.0. The molecular weight excluding hydrogens is 346 g/mol. The molecule has 3 saturated heterocycles. The van der Waals surface area contributed by atoms with Crippen molar-refractivity contribution in [2.24, 2.45) is 29.6 Å². The van der Waals surface area contributed by atoms with Gasteiger partial charge in [0.25, 0.3) is 0 Å². The molecule has 0 unspecified atom stereocenters. The van der Waals surface area contributed by atoms with E-state index in [1.165, 1.54) is 51.9 Å². The third-order valence-corrected chi connectivity index (χ3v) is 8.04. The van der Waals surface area contributed by atoms with Crippen molar-refractivity contribution >= 4 is 5.91 Å². The van der Waals surface area contributed by atoms with Gasteiger partial charge in [0.2, 0.25) is 5.91 Å². The molecule has 0 spiro atoms. The molecule has 0 radical (unpaired) electrons. The van der Waals surface area contributed by atoms with Crippen LogP contribution in [0, 0.1) is 29.6 Å². The molecule has 162 valence electrons. The summed E-state index contributed by atoms with van der Waals surface area (Å²) in [6, 6.07) is 0. The summed E-state index contributed by atoms with van der Waals surface area (Å²) >= 11 is 0. The maximum Gasteiger partial charge on any atom is 0.225 e. The lowest BCUT2D eigenvalue weighted by molar-refractivity contribution is -0.138. The van der Waals surface area contributed by atoms with Crippen LogP contribution in [0.25, 0.3) is 0 Å². The second-order valence-electron chi connectivity index (χ2n) is 10.4. The van der Waals surface area contributed by atoms with Crippen LogP contribution in [0.5, 0.6) is 0 Å². The number of nitrogens with zero attached hydrogens (tertiary/aromatic N) is 3. The number of piperidine rings is 3. The van der Waals surface area contributed by atoms with Gasteiger partial charge in [-0.1, -0.05) is 27.7 Å². The van der Waals surface area contributed by atoms with Crippen molar-refractivity contribution < 1.29 is 4.79 Å². The largest absolute Gasteiger partial charge is 0.342 e. The lowest BCUT2D eigenvalue weighted by atomic mass is 9.86. The van der Waals surface area contributed by atoms with E-state index in [9.17, 15) is 4.79 Å². The first-order chi connectivity index (χ1) is 13.4. The van der Waals surface area contributed by atoms with E-state index in [0.29, 0.717) is 5.91 Å². The summed E-state index contributed by atoms with van der Waals surface area (Å²) in [5.74, 6) is 4.10. The van der Waals surface area contributed by atoms with Gasteiger partial charge in [-0.2, -0.15) is 0 Å². The Kier molecular flexibility index (Phi) is 8.22. The Morgan fingerprint density at radius 3 is 1.50 bits per heavy atom. The zero-order valence-corrected chi connectivity index (χ0v) is 19.0. The first kappa shape index (κ1) is 22.1. The molecule has 0 aliphatic carbocycles. The summed E-state index contributed by atoms with van der Waals surface area (Å²) in [5.41, 5.74) is 0. The van der Waals surface area contributed by atoms with Gasteiger partial charge in [0.1, 0.15) is 0 Å². The SMILES string of the molecule is CC(C)C1CCN(CCN2CCC(C(=O)N3CCC(C(C)C)CC3)CC2)CC1. The molecule has 4 heteroatoms. The van der Waals surface area contributed by atoms with Gasteiger partial charge in [-0.3, -0.25) is 4.79 Å². The Balaban J connectivity index is 1.32. The van der Waals surface area contributed by atoms with Crippen LogP contribution < -0.4 is 0 Å². The van der Waals surface area contributed by atoms with Crippen LogP contribution in [-0.2, 0) is 4.79 Å². The van der Waals surface area contributed by atoms with Crippen LogP contribution in [0.2, 0.25) is 0 Å². The number of likely N-dealkylation sites (tertiary alicyclic amines) is 3. The zero-order chi connectivity index (χ0) is 20.1. The molecule has 0 saturated carbocycles. The molecule has 28 heavy (non-hydrogen) atoms. The van der Waals surface area contributed by atoms with Crippen molar-refractivity contribution in [2.45, 2.75) is 66.2 Å². The lowest BCUT2D eigenvalue weighted by Crippen LogP contribution is -2.47. The van der Waals surface area contributed by atoms with E-state index in [1.807, 2.05) is 0 Å². The fourth-order valence-electron chi connectivity index (χ4n) is 5.57. The molecule has 3 fully saturated rings. The van der Waals surface area contributed by atoms with E-state index >= 15 is 0 Å². The van der Waals surface area contributed by atoms with Crippen molar-refractivity contribution in [3.8, 4) is 0 Å². The highest BCUT2D eigenvalue weighted by Gasteiger charge is 2.31. The quantitative estimate of drug-likeness (QED) is 0.686. The second kappa shape index (κ2) is 10.4. The molecule has 4 nitrogen and oxygen atoms in total. The van der Waals surface area contributed by atoms with Crippen molar-refractivity contribution in [3.63, 3.8) is 0 Å². The standard InChI is InChI=1S/C24H45N3O/c1-19(2)21-5-11-25(12-6-21)17-18-26-13-7-23(8-14-26)24(28)27-15-9-22(10-16-27)20(3)4/h19-23H,5-18H2,1-4H3. The summed E-state index contributed by atoms with van der Waals surface area (Å²) < 4.78 is 0. The van der Waals surface area contributed by atoms with E-state index in [4.69, 9.17) is 0 Å². The Morgan fingerprint density at radius 2 is 1.07 bits per heavy atom. The first-order valence-corrected chi connectivity index (χ1v) is 12.2. The molecule has 0 aromatic heterocycles. The van der Waals surface area contributed by atoms with Crippen molar-refractivity contribution in [1.82, 2.24) is 14.7 Å². The topological polar surface area (TPSA) is 26.8 Å². The summed E-state index contributed by atoms with van der Waals surface area (Å²) in [7, 11) is 0. The summed E-state index contributed by atoms with van der Waals surface area (Å²) in [4.78, 5) is 20.4. The van der Waals surface area contributed by atoms with Gasteiger partial charge in [-0.25, -0.2) is 0 Å². The van der Waals surface area contributed by atoms with E-state index in [0.717, 1.165) is 62.7 Å². The van der Waals surface area contributed by atoms with Gasteiger partial charge >= 0.3 is 0 Å². The molecule has 3 heterocycles. The van der Waals surface area contributed by atoms with E-state index in [1.54, 1.807) is 0 Å². The monoisotopic (exact) mass is 391 g/mol. The predicted octanol–water partition coefficient (Wildman–Crippen LogP) is 3.96. The molecule has 3 aliphatic rings. The molecule has 0 N–H and O–H groups in total. The number of carbonyl (C=O) groups is 1. The smallest absolute Gasteiger partial charge is 0.225 e. The Labute approximate surface area is 174 Å². The van der Waals surface area contributed by atoms with E-state index in [-0.39, 0.29) is 5.92 Å². The number of hydrogen-bond acceptors (Lipinski definition) is 3. The molecular formula is C24H45N3O. The molecule has 0 bridgehead atoms. The normalized spacial score (nSPS) is 25.1. The minimum Gasteiger partial charge on any atom is -0.342 e. The predicted molar refractivity (Wildman–Crippen MR) is 117 cm³/mol. The third kappa shape index (κ3) is 5.95. The molecule has 0 atom stereocenters. The lowest BCUT2D eigenvalue weighted by Gasteiger charge is -2.39. The van der Waals surface area contributed by atoms with E-state index in [2.05, 4.69) is 42.4 Å². The second-order valence-corrected chi connectivity index (χ2v) is 10.4. The summed E-state index contributed by atoms with van der Waals surface area (Å²) in [5, 5.41) is 0. The molecule has 0 aromatic carbocycles. The van der Waals surface area contributed by atoms with Crippen LogP contribution in [0.3, 0.4) is 0 Å². The van der Waals surface area contributed by atoms with Crippen molar-refractivity contribution in [1.29, 1.82) is 0 Å². The third-order valence-electron chi connectivity index (χ3n) is 8.04. The molecule has 0 aromatic rings. The maximum absolute atomic E-state index is 12.9. The van der Waals surface area contributed by atoms with Gasteiger partial charge in [0.15, 0.2) is 0 Å². The average molecular weight is 392 g/mol. The Morgan fingerprint density at radius 1 is 0.679 bits per heavy atom. The average Bonchev–Trinajstić information content (AvgIpc) is 2.72. The number of amides is 1. The number of rotatable bonds is 6. The van der Waals surface area contributed by atoms with Gasteiger partial charge in [-0.05, 0) is 88.4 Å². The van der Waals surface area contributed by atoms with Crippen LogP contribution >= 0.6 is 0 Å². The van der Waals surface area contributed by atoms with Gasteiger partial charge in [-0.15, -0.1) is 0 Å². The highest BCUT2D eigenvalue weighted by atomic mass is 16.2. The molecule has 3 rings (SSSR count). The highest BCUT2D eigenvalue weighted by molar-refractivity contribution is 5.79. The van der Waals surface area contributed by atoms with Crippen LogP contribution in [0.1, 0.15) is 66.2 Å². The number of hydrogen-bond donors (Lipinski definition) is 0. The van der Waals surface area contributed by atoms with Gasteiger partial charge in [0, 0.05) is 32.1 Å². The summed E-state index contributed by atoms with van der Waals surface area (Å²) in [6.07, 6.45) is 7.30. The summed E-state index contributed by atoms with van der Waals surface area (Å²) in [6.45, 7) is 18.6. The number of carbonyl (C=O) groups excluding carboxylic acids is 1. The van der Waals surface area contributed by atoms with Crippen molar-refractivity contribution in [2.75, 3.05) is 52.4 Å². The fourth-order valence-corrected chi connectivity index (χ4v) is 5.57. The van der Waals surface area contributed by atoms with Crippen LogP contribution in [0.15, 0.2) is 0 Å². The maximum atomic E-state index is 12.9.